The van der Waals surface area contributed by atoms with E-state index in [4.69, 9.17) is 0 Å². The number of hydrogen-bond donors (Lipinski definition) is 2. The van der Waals surface area contributed by atoms with E-state index in [2.05, 4.69) is 27.5 Å². The molecule has 0 saturated heterocycles. The van der Waals surface area contributed by atoms with Crippen molar-refractivity contribution in [3.8, 4) is 0 Å². The molecule has 1 aliphatic carbocycles. The molecule has 5 nitrogen and oxygen atoms in total. The van der Waals surface area contributed by atoms with E-state index in [1.54, 1.807) is 6.20 Å². The zero-order valence-corrected chi connectivity index (χ0v) is 10.3. The quantitative estimate of drug-likeness (QED) is 0.802. The van der Waals surface area contributed by atoms with E-state index in [0.29, 0.717) is 18.2 Å². The third-order valence-electron chi connectivity index (χ3n) is 3.46. The van der Waals surface area contributed by atoms with Crippen molar-refractivity contribution in [1.29, 1.82) is 0 Å². The maximum atomic E-state index is 11.6. The van der Waals surface area contributed by atoms with Gasteiger partial charge in [-0.05, 0) is 19.9 Å². The fraction of sp³-hybridized carbons (Fsp3) is 0.667. The van der Waals surface area contributed by atoms with Crippen LogP contribution in [0.3, 0.4) is 0 Å². The summed E-state index contributed by atoms with van der Waals surface area (Å²) in [4.78, 5) is 14.0. The highest BCUT2D eigenvalue weighted by Gasteiger charge is 2.19. The summed E-state index contributed by atoms with van der Waals surface area (Å²) < 4.78 is 0. The lowest BCUT2D eigenvalue weighted by molar-refractivity contribution is 0.0947. The van der Waals surface area contributed by atoms with Crippen molar-refractivity contribution in [3.05, 3.63) is 18.0 Å². The largest absolute Gasteiger partial charge is 0.351 e. The van der Waals surface area contributed by atoms with E-state index in [0.717, 1.165) is 6.54 Å². The summed E-state index contributed by atoms with van der Waals surface area (Å²) in [7, 11) is 2.14. The lowest BCUT2D eigenvalue weighted by Gasteiger charge is -2.23. The van der Waals surface area contributed by atoms with Crippen molar-refractivity contribution in [1.82, 2.24) is 20.4 Å². The van der Waals surface area contributed by atoms with Gasteiger partial charge in [0.2, 0.25) is 0 Å². The Balaban J connectivity index is 1.67. The molecule has 1 fully saturated rings. The molecule has 0 bridgehead atoms. The van der Waals surface area contributed by atoms with E-state index in [9.17, 15) is 4.79 Å². The van der Waals surface area contributed by atoms with Crippen LogP contribution in [0.25, 0.3) is 0 Å². The molecule has 1 aromatic rings. The number of aromatic nitrogens is 2. The van der Waals surface area contributed by atoms with Gasteiger partial charge >= 0.3 is 0 Å². The van der Waals surface area contributed by atoms with Crippen molar-refractivity contribution >= 4 is 5.91 Å². The van der Waals surface area contributed by atoms with Gasteiger partial charge < -0.3 is 10.2 Å². The number of aromatic amines is 1. The highest BCUT2D eigenvalue weighted by molar-refractivity contribution is 5.93. The molecule has 1 saturated carbocycles. The summed E-state index contributed by atoms with van der Waals surface area (Å²) in [5, 5.41) is 9.29. The van der Waals surface area contributed by atoms with Gasteiger partial charge in [-0.25, -0.2) is 0 Å². The first-order chi connectivity index (χ1) is 8.27. The normalized spacial score (nSPS) is 16.6. The Kier molecular flexibility index (Phi) is 4.14. The maximum absolute atomic E-state index is 11.6. The summed E-state index contributed by atoms with van der Waals surface area (Å²) in [5.74, 6) is -0.0569. The van der Waals surface area contributed by atoms with E-state index >= 15 is 0 Å². The average Bonchev–Trinajstić information content (AvgIpc) is 3.02. The monoisotopic (exact) mass is 236 g/mol. The second-order valence-corrected chi connectivity index (χ2v) is 4.66. The zero-order valence-electron chi connectivity index (χ0n) is 10.3. The molecule has 1 heterocycles. The summed E-state index contributed by atoms with van der Waals surface area (Å²) in [5.41, 5.74) is 0.591. The van der Waals surface area contributed by atoms with Gasteiger partial charge in [0.25, 0.3) is 5.91 Å². The Morgan fingerprint density at radius 1 is 1.59 bits per heavy atom. The fourth-order valence-electron chi connectivity index (χ4n) is 2.35. The number of nitrogens with one attached hydrogen (secondary N) is 2. The maximum Gasteiger partial charge on any atom is 0.254 e. The van der Waals surface area contributed by atoms with Gasteiger partial charge in [-0.15, -0.1) is 0 Å². The minimum Gasteiger partial charge on any atom is -0.351 e. The van der Waals surface area contributed by atoms with Crippen LogP contribution in [-0.4, -0.2) is 47.2 Å². The molecule has 0 radical (unpaired) electrons. The number of carbonyl (C=O) groups is 1. The molecule has 5 heteroatoms. The smallest absolute Gasteiger partial charge is 0.254 e. The number of H-pyrrole nitrogens is 1. The van der Waals surface area contributed by atoms with Crippen molar-refractivity contribution in [2.75, 3.05) is 20.1 Å². The molecule has 2 N–H and O–H groups in total. The molecule has 0 spiro atoms. The fourth-order valence-corrected chi connectivity index (χ4v) is 2.35. The van der Waals surface area contributed by atoms with Gasteiger partial charge in [0.15, 0.2) is 0 Å². The Labute approximate surface area is 102 Å². The van der Waals surface area contributed by atoms with Crippen molar-refractivity contribution in [2.45, 2.75) is 31.7 Å². The first-order valence-electron chi connectivity index (χ1n) is 6.24. The number of nitrogens with zero attached hydrogens (tertiary/aromatic N) is 2. The lowest BCUT2D eigenvalue weighted by atomic mass is 10.2. The van der Waals surface area contributed by atoms with Crippen LogP contribution in [0, 0.1) is 0 Å². The molecule has 0 atom stereocenters. The molecular weight excluding hydrogens is 216 g/mol. The SMILES string of the molecule is CN(CCNC(=O)c1cn[nH]c1)C1CCCC1. The molecule has 1 aliphatic rings. The number of rotatable bonds is 5. The molecule has 0 aromatic carbocycles. The minimum absolute atomic E-state index is 0.0569. The van der Waals surface area contributed by atoms with E-state index in [1.807, 2.05) is 0 Å². The summed E-state index contributed by atoms with van der Waals surface area (Å²) in [6, 6.07) is 0.709. The predicted octanol–water partition coefficient (Wildman–Crippen LogP) is 1.01. The first kappa shape index (κ1) is 12.1. The second-order valence-electron chi connectivity index (χ2n) is 4.66. The Morgan fingerprint density at radius 3 is 3.00 bits per heavy atom. The molecule has 17 heavy (non-hydrogen) atoms. The standard InChI is InChI=1S/C12H20N4O/c1-16(11-4-2-3-5-11)7-6-13-12(17)10-8-14-15-9-10/h8-9,11H,2-7H2,1H3,(H,13,17)(H,14,15). The van der Waals surface area contributed by atoms with Gasteiger partial charge in [-0.1, -0.05) is 12.8 Å². The summed E-state index contributed by atoms with van der Waals surface area (Å²) >= 11 is 0. The third-order valence-corrected chi connectivity index (χ3v) is 3.46. The Morgan fingerprint density at radius 2 is 2.35 bits per heavy atom. The summed E-state index contributed by atoms with van der Waals surface area (Å²) in [6.45, 7) is 1.60. The number of likely N-dealkylation sites (N-methyl/N-ethyl adjacent to an activating group) is 1. The van der Waals surface area contributed by atoms with Gasteiger partial charge in [0, 0.05) is 25.3 Å². The molecule has 0 aliphatic heterocycles. The number of hydrogen-bond acceptors (Lipinski definition) is 3. The van der Waals surface area contributed by atoms with Gasteiger partial charge in [0.05, 0.1) is 11.8 Å². The van der Waals surface area contributed by atoms with Crippen molar-refractivity contribution in [2.24, 2.45) is 0 Å². The van der Waals surface area contributed by atoms with Gasteiger partial charge in [-0.3, -0.25) is 9.89 Å². The van der Waals surface area contributed by atoms with Crippen LogP contribution in [-0.2, 0) is 0 Å². The van der Waals surface area contributed by atoms with E-state index in [1.165, 1.54) is 31.9 Å². The molecule has 94 valence electrons. The van der Waals surface area contributed by atoms with Crippen molar-refractivity contribution in [3.63, 3.8) is 0 Å². The van der Waals surface area contributed by atoms with Gasteiger partial charge in [0.1, 0.15) is 0 Å². The van der Waals surface area contributed by atoms with E-state index in [-0.39, 0.29) is 5.91 Å². The van der Waals surface area contributed by atoms with E-state index < -0.39 is 0 Å². The molecule has 2 rings (SSSR count). The van der Waals surface area contributed by atoms with Crippen LogP contribution in [0.2, 0.25) is 0 Å². The predicted molar refractivity (Wildman–Crippen MR) is 65.8 cm³/mol. The molecule has 0 unspecified atom stereocenters. The van der Waals surface area contributed by atoms with Crippen molar-refractivity contribution < 1.29 is 4.79 Å². The van der Waals surface area contributed by atoms with Crippen LogP contribution >= 0.6 is 0 Å². The molecular formula is C12H20N4O. The molecule has 1 amide bonds. The van der Waals surface area contributed by atoms with Crippen LogP contribution in [0.15, 0.2) is 12.4 Å². The lowest BCUT2D eigenvalue weighted by Crippen LogP contribution is -2.37. The molecule has 1 aromatic heterocycles. The summed E-state index contributed by atoms with van der Waals surface area (Å²) in [6.07, 6.45) is 8.43. The highest BCUT2D eigenvalue weighted by atomic mass is 16.1. The van der Waals surface area contributed by atoms with Gasteiger partial charge in [-0.2, -0.15) is 5.10 Å². The topological polar surface area (TPSA) is 61.0 Å². The zero-order chi connectivity index (χ0) is 12.1. The Bertz CT molecular complexity index is 343. The number of carbonyl (C=O) groups excluding carboxylic acids is 1. The van der Waals surface area contributed by atoms with Crippen LogP contribution in [0.4, 0.5) is 0 Å². The first-order valence-corrected chi connectivity index (χ1v) is 6.24. The third kappa shape index (κ3) is 3.30. The highest BCUT2D eigenvalue weighted by Crippen LogP contribution is 2.21. The van der Waals surface area contributed by atoms with Crippen LogP contribution < -0.4 is 5.32 Å². The van der Waals surface area contributed by atoms with Crippen LogP contribution in [0.5, 0.6) is 0 Å². The second kappa shape index (κ2) is 5.82. The average molecular weight is 236 g/mol. The number of amides is 1. The Hall–Kier alpha value is -1.36. The minimum atomic E-state index is -0.0569. The van der Waals surface area contributed by atoms with Crippen LogP contribution in [0.1, 0.15) is 36.0 Å².